The molecule has 0 amide bonds. The van der Waals surface area contributed by atoms with Gasteiger partial charge in [-0.15, -0.1) is 11.3 Å². The Kier molecular flexibility index (Phi) is 3.55. The average Bonchev–Trinajstić information content (AvgIpc) is 2.89. The van der Waals surface area contributed by atoms with Gasteiger partial charge in [0.05, 0.1) is 10.9 Å². The summed E-state index contributed by atoms with van der Waals surface area (Å²) in [6, 6.07) is 5.74. The van der Waals surface area contributed by atoms with E-state index in [1.54, 1.807) is 7.05 Å². The summed E-state index contributed by atoms with van der Waals surface area (Å²) in [4.78, 5) is 10.5. The van der Waals surface area contributed by atoms with E-state index in [0.29, 0.717) is 5.82 Å². The minimum absolute atomic E-state index is 0.0620. The molecule has 0 aliphatic heterocycles. The molecule has 0 atom stereocenters. The molecule has 2 aromatic heterocycles. The SMILES string of the molecule is CCc1cc2c(NC)nc(-c3c(F)cccc3F)nc2s1. The number of hydrogen-bond acceptors (Lipinski definition) is 4. The first-order valence-corrected chi connectivity index (χ1v) is 7.38. The molecule has 0 aliphatic carbocycles. The fourth-order valence-corrected chi connectivity index (χ4v) is 3.13. The van der Waals surface area contributed by atoms with Crippen LogP contribution in [0.1, 0.15) is 11.8 Å². The molecular weight excluding hydrogens is 292 g/mol. The van der Waals surface area contributed by atoms with Gasteiger partial charge in [0.25, 0.3) is 0 Å². The Labute approximate surface area is 124 Å². The number of benzene rings is 1. The van der Waals surface area contributed by atoms with Gasteiger partial charge >= 0.3 is 0 Å². The summed E-state index contributed by atoms with van der Waals surface area (Å²) in [6.07, 6.45) is 0.883. The normalized spacial score (nSPS) is 11.0. The molecular formula is C15H13F2N3S. The summed E-state index contributed by atoms with van der Waals surface area (Å²) in [5, 5.41) is 3.84. The highest BCUT2D eigenvalue weighted by Gasteiger charge is 2.17. The van der Waals surface area contributed by atoms with Crippen LogP contribution in [0.2, 0.25) is 0 Å². The lowest BCUT2D eigenvalue weighted by atomic mass is 10.2. The fraction of sp³-hybridized carbons (Fsp3) is 0.200. The molecule has 2 heterocycles. The molecule has 0 bridgehead atoms. The van der Waals surface area contributed by atoms with E-state index in [0.717, 1.165) is 21.5 Å². The van der Waals surface area contributed by atoms with Gasteiger partial charge in [-0.25, -0.2) is 18.7 Å². The minimum atomic E-state index is -0.663. The van der Waals surface area contributed by atoms with Crippen LogP contribution >= 0.6 is 11.3 Å². The number of fused-ring (bicyclic) bond motifs is 1. The third-order valence-electron chi connectivity index (χ3n) is 3.22. The first kappa shape index (κ1) is 13.9. The van der Waals surface area contributed by atoms with Crippen molar-refractivity contribution in [2.75, 3.05) is 12.4 Å². The molecule has 0 saturated heterocycles. The van der Waals surface area contributed by atoms with Crippen molar-refractivity contribution in [3.05, 3.63) is 40.8 Å². The van der Waals surface area contributed by atoms with Crippen LogP contribution in [0.4, 0.5) is 14.6 Å². The van der Waals surface area contributed by atoms with Crippen molar-refractivity contribution in [2.45, 2.75) is 13.3 Å². The van der Waals surface area contributed by atoms with Gasteiger partial charge in [0.15, 0.2) is 5.82 Å². The predicted molar refractivity (Wildman–Crippen MR) is 81.7 cm³/mol. The van der Waals surface area contributed by atoms with Crippen molar-refractivity contribution in [1.82, 2.24) is 9.97 Å². The number of thiophene rings is 1. The summed E-state index contributed by atoms with van der Waals surface area (Å²) < 4.78 is 27.8. The molecule has 21 heavy (non-hydrogen) atoms. The van der Waals surface area contributed by atoms with Crippen LogP contribution in [0.25, 0.3) is 21.6 Å². The summed E-state index contributed by atoms with van der Waals surface area (Å²) in [5.41, 5.74) is -0.192. The molecule has 6 heteroatoms. The quantitative estimate of drug-likeness (QED) is 0.786. The van der Waals surface area contributed by atoms with Crippen LogP contribution in [0.3, 0.4) is 0 Å². The second-order valence-electron chi connectivity index (χ2n) is 4.53. The number of nitrogens with zero attached hydrogens (tertiary/aromatic N) is 2. The predicted octanol–water partition coefficient (Wildman–Crippen LogP) is 4.24. The number of halogens is 2. The zero-order chi connectivity index (χ0) is 15.0. The number of anilines is 1. The molecule has 3 aromatic rings. The Bertz CT molecular complexity index is 794. The van der Waals surface area contributed by atoms with Crippen molar-refractivity contribution < 1.29 is 8.78 Å². The second-order valence-corrected chi connectivity index (χ2v) is 5.64. The lowest BCUT2D eigenvalue weighted by Crippen LogP contribution is -2.00. The third kappa shape index (κ3) is 2.35. The van der Waals surface area contributed by atoms with Crippen LogP contribution in [0, 0.1) is 11.6 Å². The van der Waals surface area contributed by atoms with E-state index in [2.05, 4.69) is 22.2 Å². The van der Waals surface area contributed by atoms with Gasteiger partial charge in [-0.2, -0.15) is 0 Å². The molecule has 0 saturated carbocycles. The van der Waals surface area contributed by atoms with E-state index in [1.807, 2.05) is 6.07 Å². The largest absolute Gasteiger partial charge is 0.372 e. The van der Waals surface area contributed by atoms with Gasteiger partial charge in [-0.3, -0.25) is 0 Å². The Morgan fingerprint density at radius 1 is 1.19 bits per heavy atom. The first-order chi connectivity index (χ1) is 10.1. The molecule has 1 N–H and O–H groups in total. The average molecular weight is 305 g/mol. The minimum Gasteiger partial charge on any atom is -0.372 e. The number of nitrogens with one attached hydrogen (secondary N) is 1. The number of rotatable bonds is 3. The molecule has 0 aliphatic rings. The number of hydrogen-bond donors (Lipinski definition) is 1. The van der Waals surface area contributed by atoms with E-state index < -0.39 is 11.6 Å². The molecule has 3 rings (SSSR count). The summed E-state index contributed by atoms with van der Waals surface area (Å²) in [7, 11) is 1.73. The van der Waals surface area contributed by atoms with E-state index >= 15 is 0 Å². The number of aromatic nitrogens is 2. The van der Waals surface area contributed by atoms with Crippen LogP contribution in [-0.2, 0) is 6.42 Å². The Balaban J connectivity index is 2.28. The van der Waals surface area contributed by atoms with Gasteiger partial charge in [0.1, 0.15) is 22.3 Å². The van der Waals surface area contributed by atoms with Gasteiger partial charge in [-0.05, 0) is 24.6 Å². The van der Waals surface area contributed by atoms with Gasteiger partial charge in [-0.1, -0.05) is 13.0 Å². The highest BCUT2D eigenvalue weighted by atomic mass is 32.1. The second kappa shape index (κ2) is 5.37. The zero-order valence-corrected chi connectivity index (χ0v) is 12.4. The van der Waals surface area contributed by atoms with Crippen LogP contribution in [0.15, 0.2) is 24.3 Å². The molecule has 0 spiro atoms. The highest BCUT2D eigenvalue weighted by Crippen LogP contribution is 2.32. The summed E-state index contributed by atoms with van der Waals surface area (Å²) in [6.45, 7) is 2.05. The Morgan fingerprint density at radius 2 is 1.90 bits per heavy atom. The maximum Gasteiger partial charge on any atom is 0.169 e. The maximum atomic E-state index is 13.9. The maximum absolute atomic E-state index is 13.9. The zero-order valence-electron chi connectivity index (χ0n) is 11.6. The van der Waals surface area contributed by atoms with E-state index in [1.165, 1.54) is 29.5 Å². The standard InChI is InChI=1S/C15H13F2N3S/c1-3-8-7-9-13(18-2)19-14(20-15(9)21-8)12-10(16)5-4-6-11(12)17/h4-7H,3H2,1-2H3,(H,18,19,20). The summed E-state index contributed by atoms with van der Waals surface area (Å²) >= 11 is 1.51. The van der Waals surface area contributed by atoms with Crippen molar-refractivity contribution >= 4 is 27.4 Å². The van der Waals surface area contributed by atoms with Crippen molar-refractivity contribution in [1.29, 1.82) is 0 Å². The fourth-order valence-electron chi connectivity index (χ4n) is 2.16. The van der Waals surface area contributed by atoms with Crippen molar-refractivity contribution in [2.24, 2.45) is 0 Å². The monoisotopic (exact) mass is 305 g/mol. The Hall–Kier alpha value is -2.08. The van der Waals surface area contributed by atoms with Gasteiger partial charge in [0.2, 0.25) is 0 Å². The molecule has 0 radical (unpaired) electrons. The lowest BCUT2D eigenvalue weighted by Gasteiger charge is -2.07. The van der Waals surface area contributed by atoms with E-state index in [9.17, 15) is 8.78 Å². The smallest absolute Gasteiger partial charge is 0.169 e. The first-order valence-electron chi connectivity index (χ1n) is 6.56. The van der Waals surface area contributed by atoms with Gasteiger partial charge < -0.3 is 5.32 Å². The topological polar surface area (TPSA) is 37.8 Å². The van der Waals surface area contributed by atoms with Crippen LogP contribution in [-0.4, -0.2) is 17.0 Å². The van der Waals surface area contributed by atoms with E-state index in [4.69, 9.17) is 0 Å². The lowest BCUT2D eigenvalue weighted by molar-refractivity contribution is 0.587. The molecule has 0 fully saturated rings. The van der Waals surface area contributed by atoms with Crippen molar-refractivity contribution in [3.8, 4) is 11.4 Å². The number of aryl methyl sites for hydroxylation is 1. The highest BCUT2D eigenvalue weighted by molar-refractivity contribution is 7.18. The molecule has 1 aromatic carbocycles. The van der Waals surface area contributed by atoms with Crippen LogP contribution in [0.5, 0.6) is 0 Å². The Morgan fingerprint density at radius 3 is 2.52 bits per heavy atom. The molecule has 3 nitrogen and oxygen atoms in total. The van der Waals surface area contributed by atoms with Gasteiger partial charge in [0, 0.05) is 11.9 Å². The molecule has 108 valence electrons. The van der Waals surface area contributed by atoms with E-state index in [-0.39, 0.29) is 11.4 Å². The van der Waals surface area contributed by atoms with Crippen LogP contribution < -0.4 is 5.32 Å². The molecule has 0 unspecified atom stereocenters. The summed E-state index contributed by atoms with van der Waals surface area (Å²) in [5.74, 6) is -0.687. The van der Waals surface area contributed by atoms with Crippen molar-refractivity contribution in [3.63, 3.8) is 0 Å². The third-order valence-corrected chi connectivity index (χ3v) is 4.39.